The van der Waals surface area contributed by atoms with Crippen LogP contribution >= 0.6 is 11.6 Å². The highest BCUT2D eigenvalue weighted by molar-refractivity contribution is 6.30. The first-order valence-corrected chi connectivity index (χ1v) is 6.27. The van der Waals surface area contributed by atoms with Crippen molar-refractivity contribution in [3.8, 4) is 11.1 Å². The summed E-state index contributed by atoms with van der Waals surface area (Å²) in [7, 11) is 0. The van der Waals surface area contributed by atoms with E-state index in [2.05, 4.69) is 0 Å². The first-order chi connectivity index (χ1) is 9.15. The summed E-state index contributed by atoms with van der Waals surface area (Å²) in [6.45, 7) is 0. The number of allylic oxidation sites excluding steroid dienone is 1. The van der Waals surface area contributed by atoms with Crippen LogP contribution < -0.4 is 0 Å². The molecule has 2 aromatic carbocycles. The maximum Gasteiger partial charge on any atom is 0.327 e. The molecule has 0 aliphatic carbocycles. The highest BCUT2D eigenvalue weighted by atomic mass is 35.5. The van der Waals surface area contributed by atoms with Gasteiger partial charge in [0.25, 0.3) is 0 Å². The summed E-state index contributed by atoms with van der Waals surface area (Å²) in [6.07, 6.45) is 3.42. The zero-order chi connectivity index (χ0) is 13.7. The molecular formula is C16H13ClO2. The lowest BCUT2D eigenvalue weighted by molar-refractivity contribution is -0.131. The van der Waals surface area contributed by atoms with Crippen molar-refractivity contribution >= 4 is 17.6 Å². The molecule has 0 spiro atoms. The van der Waals surface area contributed by atoms with E-state index in [1.165, 1.54) is 0 Å². The van der Waals surface area contributed by atoms with Gasteiger partial charge in [-0.05, 0) is 35.2 Å². The van der Waals surface area contributed by atoms with Gasteiger partial charge < -0.3 is 5.11 Å². The van der Waals surface area contributed by atoms with Crippen molar-refractivity contribution in [3.63, 3.8) is 0 Å². The minimum atomic E-state index is -0.919. The van der Waals surface area contributed by atoms with Gasteiger partial charge in [0.15, 0.2) is 0 Å². The summed E-state index contributed by atoms with van der Waals surface area (Å²) in [6, 6.07) is 15.7. The molecule has 96 valence electrons. The molecule has 0 aliphatic heterocycles. The normalized spacial score (nSPS) is 10.8. The number of rotatable bonds is 4. The first-order valence-electron chi connectivity index (χ1n) is 5.89. The number of carbonyl (C=O) groups is 1. The van der Waals surface area contributed by atoms with E-state index in [9.17, 15) is 4.79 Å². The third kappa shape index (κ3) is 3.97. The van der Waals surface area contributed by atoms with Gasteiger partial charge in [0, 0.05) is 11.1 Å². The van der Waals surface area contributed by atoms with Crippen molar-refractivity contribution in [3.05, 3.63) is 71.3 Å². The Kier molecular flexibility index (Phi) is 4.37. The van der Waals surface area contributed by atoms with Crippen LogP contribution in [0.2, 0.25) is 5.02 Å². The number of hydrogen-bond acceptors (Lipinski definition) is 1. The van der Waals surface area contributed by atoms with Crippen LogP contribution in [-0.2, 0) is 11.2 Å². The molecule has 19 heavy (non-hydrogen) atoms. The molecule has 2 aromatic rings. The lowest BCUT2D eigenvalue weighted by Crippen LogP contribution is -1.88. The van der Waals surface area contributed by atoms with E-state index in [1.54, 1.807) is 6.08 Å². The fraction of sp³-hybridized carbons (Fsp3) is 0.0625. The average molecular weight is 273 g/mol. The average Bonchev–Trinajstić information content (AvgIpc) is 2.40. The fourth-order valence-corrected chi connectivity index (χ4v) is 1.90. The summed E-state index contributed by atoms with van der Waals surface area (Å²) in [5.74, 6) is -0.919. The zero-order valence-corrected chi connectivity index (χ0v) is 11.0. The molecule has 0 radical (unpaired) electrons. The SMILES string of the molecule is O=C(O)C=CCc1ccc(-c2ccc(Cl)cc2)cc1. The lowest BCUT2D eigenvalue weighted by Gasteiger charge is -2.03. The van der Waals surface area contributed by atoms with Crippen LogP contribution in [0.3, 0.4) is 0 Å². The molecule has 0 bridgehead atoms. The van der Waals surface area contributed by atoms with Crippen LogP contribution in [0.5, 0.6) is 0 Å². The van der Waals surface area contributed by atoms with E-state index < -0.39 is 5.97 Å². The summed E-state index contributed by atoms with van der Waals surface area (Å²) in [5, 5.41) is 9.23. The third-order valence-corrected chi connectivity index (χ3v) is 3.00. The summed E-state index contributed by atoms with van der Waals surface area (Å²) < 4.78 is 0. The third-order valence-electron chi connectivity index (χ3n) is 2.75. The molecule has 0 unspecified atom stereocenters. The number of carboxylic acids is 1. The Hall–Kier alpha value is -2.06. The van der Waals surface area contributed by atoms with Gasteiger partial charge >= 0.3 is 5.97 Å². The molecule has 0 amide bonds. The van der Waals surface area contributed by atoms with Crippen LogP contribution in [0.25, 0.3) is 11.1 Å². The summed E-state index contributed by atoms with van der Waals surface area (Å²) in [5.41, 5.74) is 3.30. The van der Waals surface area contributed by atoms with E-state index in [0.717, 1.165) is 27.8 Å². The molecule has 0 aromatic heterocycles. The van der Waals surface area contributed by atoms with Gasteiger partial charge in [-0.3, -0.25) is 0 Å². The molecule has 2 nitrogen and oxygen atoms in total. The van der Waals surface area contributed by atoms with Crippen molar-refractivity contribution < 1.29 is 9.90 Å². The van der Waals surface area contributed by atoms with Crippen LogP contribution in [0.15, 0.2) is 60.7 Å². The molecule has 0 heterocycles. The van der Waals surface area contributed by atoms with Crippen LogP contribution in [0.1, 0.15) is 5.56 Å². The summed E-state index contributed by atoms with van der Waals surface area (Å²) >= 11 is 5.85. The van der Waals surface area contributed by atoms with Crippen molar-refractivity contribution in [2.45, 2.75) is 6.42 Å². The van der Waals surface area contributed by atoms with Gasteiger partial charge in [-0.2, -0.15) is 0 Å². The monoisotopic (exact) mass is 272 g/mol. The molecule has 0 atom stereocenters. The Bertz CT molecular complexity index is 583. The van der Waals surface area contributed by atoms with E-state index in [0.29, 0.717) is 6.42 Å². The van der Waals surface area contributed by atoms with Crippen molar-refractivity contribution in [1.29, 1.82) is 0 Å². The topological polar surface area (TPSA) is 37.3 Å². The molecular weight excluding hydrogens is 260 g/mol. The molecule has 2 rings (SSSR count). The number of hydrogen-bond donors (Lipinski definition) is 1. The Morgan fingerprint density at radius 1 is 1.00 bits per heavy atom. The molecule has 0 aliphatic rings. The Morgan fingerprint density at radius 3 is 2.05 bits per heavy atom. The van der Waals surface area contributed by atoms with Crippen molar-refractivity contribution in [1.82, 2.24) is 0 Å². The van der Waals surface area contributed by atoms with Crippen LogP contribution in [-0.4, -0.2) is 11.1 Å². The predicted molar refractivity (Wildman–Crippen MR) is 77.4 cm³/mol. The number of benzene rings is 2. The molecule has 3 heteroatoms. The minimum Gasteiger partial charge on any atom is -0.478 e. The van der Waals surface area contributed by atoms with Crippen molar-refractivity contribution in [2.75, 3.05) is 0 Å². The maximum atomic E-state index is 10.4. The largest absolute Gasteiger partial charge is 0.478 e. The quantitative estimate of drug-likeness (QED) is 0.848. The molecule has 0 saturated heterocycles. The maximum absolute atomic E-state index is 10.4. The standard InChI is InChI=1S/C16H13ClO2/c17-15-10-8-14(9-11-15)13-6-4-12(5-7-13)2-1-3-16(18)19/h1,3-11H,2H2,(H,18,19). The number of halogens is 1. The van der Waals surface area contributed by atoms with E-state index in [1.807, 2.05) is 48.5 Å². The van der Waals surface area contributed by atoms with Gasteiger partial charge in [0.2, 0.25) is 0 Å². The summed E-state index contributed by atoms with van der Waals surface area (Å²) in [4.78, 5) is 10.4. The van der Waals surface area contributed by atoms with E-state index >= 15 is 0 Å². The Balaban J connectivity index is 2.10. The van der Waals surface area contributed by atoms with Gasteiger partial charge in [0.05, 0.1) is 0 Å². The van der Waals surface area contributed by atoms with Gasteiger partial charge in [-0.1, -0.05) is 54.1 Å². The Labute approximate surface area is 117 Å². The highest BCUT2D eigenvalue weighted by Crippen LogP contribution is 2.22. The van der Waals surface area contributed by atoms with Crippen LogP contribution in [0.4, 0.5) is 0 Å². The van der Waals surface area contributed by atoms with Gasteiger partial charge in [0.1, 0.15) is 0 Å². The highest BCUT2D eigenvalue weighted by Gasteiger charge is 1.98. The smallest absolute Gasteiger partial charge is 0.327 e. The molecule has 0 fully saturated rings. The zero-order valence-electron chi connectivity index (χ0n) is 10.2. The lowest BCUT2D eigenvalue weighted by atomic mass is 10.0. The molecule has 1 N–H and O–H groups in total. The number of carboxylic acid groups (broad SMARTS) is 1. The second kappa shape index (κ2) is 6.21. The van der Waals surface area contributed by atoms with Gasteiger partial charge in [-0.15, -0.1) is 0 Å². The number of aliphatic carboxylic acids is 1. The van der Waals surface area contributed by atoms with E-state index in [-0.39, 0.29) is 0 Å². The second-order valence-electron chi connectivity index (χ2n) is 4.15. The molecule has 0 saturated carbocycles. The Morgan fingerprint density at radius 2 is 1.53 bits per heavy atom. The minimum absolute atomic E-state index is 0.618. The van der Waals surface area contributed by atoms with Gasteiger partial charge in [-0.25, -0.2) is 4.79 Å². The van der Waals surface area contributed by atoms with E-state index in [4.69, 9.17) is 16.7 Å². The fourth-order valence-electron chi connectivity index (χ4n) is 1.77. The van der Waals surface area contributed by atoms with Crippen molar-refractivity contribution in [2.24, 2.45) is 0 Å². The second-order valence-corrected chi connectivity index (χ2v) is 4.58. The predicted octanol–water partition coefficient (Wildman–Crippen LogP) is 4.19. The first kappa shape index (κ1) is 13.4. The van der Waals surface area contributed by atoms with Crippen LogP contribution in [0, 0.1) is 0 Å².